The van der Waals surface area contributed by atoms with Crippen LogP contribution in [0.25, 0.3) is 0 Å². The molecule has 0 fully saturated rings. The maximum atomic E-state index is 5.32. The Morgan fingerprint density at radius 2 is 1.88 bits per heavy atom. The van der Waals surface area contributed by atoms with E-state index in [9.17, 15) is 0 Å². The molecular weight excluding hydrogens is 352 g/mol. The predicted molar refractivity (Wildman–Crippen MR) is 115 cm³/mol. The molecule has 0 bridgehead atoms. The molecule has 1 aromatic carbocycles. The van der Waals surface area contributed by atoms with Crippen LogP contribution >= 0.6 is 24.0 Å². The second-order valence-corrected chi connectivity index (χ2v) is 7.38. The van der Waals surface area contributed by atoms with Crippen molar-refractivity contribution in [1.29, 1.82) is 0 Å². The van der Waals surface area contributed by atoms with E-state index < -0.39 is 0 Å². The van der Waals surface area contributed by atoms with E-state index in [2.05, 4.69) is 48.9 Å². The van der Waals surface area contributed by atoms with Gasteiger partial charge in [-0.05, 0) is 57.8 Å². The molecule has 0 amide bonds. The van der Waals surface area contributed by atoms with Crippen molar-refractivity contribution in [3.63, 3.8) is 0 Å². The lowest BCUT2D eigenvalue weighted by Crippen LogP contribution is -2.33. The van der Waals surface area contributed by atoms with Gasteiger partial charge in [0, 0.05) is 23.9 Å². The van der Waals surface area contributed by atoms with Crippen molar-refractivity contribution in [2.45, 2.75) is 46.8 Å². The van der Waals surface area contributed by atoms with Crippen molar-refractivity contribution in [3.05, 3.63) is 29.8 Å². The van der Waals surface area contributed by atoms with Crippen LogP contribution in [0.3, 0.4) is 0 Å². The van der Waals surface area contributed by atoms with Crippen LogP contribution in [0, 0.1) is 0 Å². The molecule has 1 aromatic rings. The largest absolute Gasteiger partial charge is 0.367 e. The predicted octanol–water partition coefficient (Wildman–Crippen LogP) is 3.81. The Labute approximate surface area is 161 Å². The third-order valence-electron chi connectivity index (χ3n) is 3.09. The fraction of sp³-hybridized carbons (Fsp3) is 0.556. The molecule has 0 spiro atoms. The first-order valence-corrected chi connectivity index (χ1v) is 10.0. The molecule has 0 saturated heterocycles. The number of rotatable bonds is 9. The van der Waals surface area contributed by atoms with Crippen molar-refractivity contribution in [2.24, 2.45) is 4.99 Å². The molecule has 0 aliphatic rings. The van der Waals surface area contributed by atoms with Gasteiger partial charge in [-0.3, -0.25) is 10.3 Å². The Morgan fingerprint density at radius 3 is 2.44 bits per heavy atom. The quantitative estimate of drug-likeness (QED) is 0.198. The van der Waals surface area contributed by atoms with Gasteiger partial charge in [0.2, 0.25) is 0 Å². The third-order valence-corrected chi connectivity index (χ3v) is 4.21. The smallest absolute Gasteiger partial charge is 0.170 e. The van der Waals surface area contributed by atoms with Crippen LogP contribution in [0.4, 0.5) is 5.69 Å². The minimum absolute atomic E-state index is 0.00113. The Bertz CT molecular complexity index is 547. The summed E-state index contributed by atoms with van der Waals surface area (Å²) >= 11 is 7.01. The lowest BCUT2D eigenvalue weighted by atomic mass is 10.2. The van der Waals surface area contributed by atoms with Gasteiger partial charge in [0.05, 0.1) is 17.9 Å². The first-order valence-electron chi connectivity index (χ1n) is 8.65. The van der Waals surface area contributed by atoms with Gasteiger partial charge in [-0.2, -0.15) is 0 Å². The lowest BCUT2D eigenvalue weighted by molar-refractivity contribution is 0.122. The molecule has 25 heavy (non-hydrogen) atoms. The molecule has 0 aliphatic heterocycles. The number of hydrogen-bond acceptors (Lipinski definition) is 5. The first kappa shape index (κ1) is 21.9. The number of thiocarbonyl (C=S) groups is 1. The van der Waals surface area contributed by atoms with Crippen molar-refractivity contribution >= 4 is 39.8 Å². The highest BCUT2D eigenvalue weighted by atomic mass is 32.2. The zero-order chi connectivity index (χ0) is 18.7. The van der Waals surface area contributed by atoms with Crippen LogP contribution < -0.4 is 16.0 Å². The highest BCUT2D eigenvalue weighted by molar-refractivity contribution is 8.14. The van der Waals surface area contributed by atoms with E-state index in [4.69, 9.17) is 21.9 Å². The van der Waals surface area contributed by atoms with Crippen molar-refractivity contribution in [3.8, 4) is 0 Å². The average molecular weight is 383 g/mol. The van der Waals surface area contributed by atoms with Gasteiger partial charge >= 0.3 is 0 Å². The van der Waals surface area contributed by atoms with E-state index in [-0.39, 0.29) is 6.17 Å². The molecule has 3 N–H and O–H groups in total. The van der Waals surface area contributed by atoms with Crippen LogP contribution in [0.15, 0.2) is 29.3 Å². The van der Waals surface area contributed by atoms with Crippen LogP contribution in [0.1, 0.15) is 40.2 Å². The van der Waals surface area contributed by atoms with Gasteiger partial charge in [0.25, 0.3) is 0 Å². The van der Waals surface area contributed by atoms with E-state index in [1.807, 2.05) is 26.0 Å². The second kappa shape index (κ2) is 12.2. The number of hydrogen-bond donors (Lipinski definition) is 3. The lowest BCUT2D eigenvalue weighted by Gasteiger charge is -2.14. The molecule has 1 unspecified atom stereocenters. The number of ether oxygens (including phenoxy) is 1. The minimum Gasteiger partial charge on any atom is -0.367 e. The summed E-state index contributed by atoms with van der Waals surface area (Å²) in [6.07, 6.45) is 0.00113. The standard InChI is InChI=1S/C18H30N4OS2/c1-6-23-12-19-14(5)21-17(25-7-2)15-8-10-16(11-9-15)22-18(24)20-13(3)4/h8-11,13-14,19H,6-7,12H2,1-5H3,(H2,20,22,24)/b21-17-. The Hall–Kier alpha value is -1.15. The number of benzene rings is 1. The van der Waals surface area contributed by atoms with Crippen molar-refractivity contribution < 1.29 is 4.74 Å². The molecular formula is C18H30N4OS2. The zero-order valence-corrected chi connectivity index (χ0v) is 17.4. The van der Waals surface area contributed by atoms with E-state index in [0.717, 1.165) is 22.0 Å². The molecule has 0 aromatic heterocycles. The maximum absolute atomic E-state index is 5.32. The number of aliphatic imine (C=N–C) groups is 1. The van der Waals surface area contributed by atoms with E-state index in [0.29, 0.717) is 24.5 Å². The van der Waals surface area contributed by atoms with Crippen molar-refractivity contribution in [2.75, 3.05) is 24.4 Å². The van der Waals surface area contributed by atoms with Gasteiger partial charge in [-0.25, -0.2) is 0 Å². The number of nitrogens with one attached hydrogen (secondary N) is 3. The molecule has 1 atom stereocenters. The molecule has 5 nitrogen and oxygen atoms in total. The summed E-state index contributed by atoms with van der Waals surface area (Å²) in [7, 11) is 0. The summed E-state index contributed by atoms with van der Waals surface area (Å²) in [6, 6.07) is 8.49. The summed E-state index contributed by atoms with van der Waals surface area (Å²) in [5.74, 6) is 0.972. The topological polar surface area (TPSA) is 57.7 Å². The van der Waals surface area contributed by atoms with Gasteiger partial charge in [-0.15, -0.1) is 11.8 Å². The summed E-state index contributed by atoms with van der Waals surface area (Å²) in [5, 5.41) is 11.3. The fourth-order valence-corrected chi connectivity index (χ4v) is 3.12. The fourth-order valence-electron chi connectivity index (χ4n) is 1.96. The zero-order valence-electron chi connectivity index (χ0n) is 15.8. The Morgan fingerprint density at radius 1 is 1.20 bits per heavy atom. The summed E-state index contributed by atoms with van der Waals surface area (Å²) in [4.78, 5) is 4.77. The summed E-state index contributed by atoms with van der Waals surface area (Å²) in [6.45, 7) is 11.5. The molecule has 1 rings (SSSR count). The van der Waals surface area contributed by atoms with Crippen LogP contribution in [0.5, 0.6) is 0 Å². The third kappa shape index (κ3) is 9.21. The SMILES string of the molecule is CCOCNC(C)/N=C(\SCC)c1ccc(NC(=S)NC(C)C)cc1. The van der Waals surface area contributed by atoms with Gasteiger partial charge in [0.1, 0.15) is 0 Å². The Balaban J connectivity index is 2.75. The normalized spacial score (nSPS) is 13.0. The van der Waals surface area contributed by atoms with Crippen LogP contribution in [-0.4, -0.2) is 41.5 Å². The highest BCUT2D eigenvalue weighted by Crippen LogP contribution is 2.17. The molecule has 0 saturated carbocycles. The first-order chi connectivity index (χ1) is 12.0. The van der Waals surface area contributed by atoms with Gasteiger partial charge < -0.3 is 15.4 Å². The number of thioether (sulfide) groups is 1. The maximum Gasteiger partial charge on any atom is 0.170 e. The average Bonchev–Trinajstić information content (AvgIpc) is 2.54. The van der Waals surface area contributed by atoms with Crippen LogP contribution in [0.2, 0.25) is 0 Å². The molecule has 0 heterocycles. The van der Waals surface area contributed by atoms with Crippen molar-refractivity contribution in [1.82, 2.24) is 10.6 Å². The van der Waals surface area contributed by atoms with E-state index in [1.165, 1.54) is 0 Å². The van der Waals surface area contributed by atoms with E-state index in [1.54, 1.807) is 11.8 Å². The summed E-state index contributed by atoms with van der Waals surface area (Å²) in [5.41, 5.74) is 2.07. The van der Waals surface area contributed by atoms with Gasteiger partial charge in [-0.1, -0.05) is 19.1 Å². The molecule has 0 aliphatic carbocycles. The highest BCUT2D eigenvalue weighted by Gasteiger charge is 2.07. The molecule has 140 valence electrons. The van der Waals surface area contributed by atoms with Gasteiger partial charge in [0.15, 0.2) is 5.11 Å². The second-order valence-electron chi connectivity index (χ2n) is 5.72. The van der Waals surface area contributed by atoms with Crippen LogP contribution in [-0.2, 0) is 4.74 Å². The minimum atomic E-state index is 0.00113. The molecule has 0 radical (unpaired) electrons. The molecule has 7 heteroatoms. The Kier molecular flexibility index (Phi) is 10.7. The monoisotopic (exact) mass is 382 g/mol. The summed E-state index contributed by atoms with van der Waals surface area (Å²) < 4.78 is 5.32. The van der Waals surface area contributed by atoms with E-state index >= 15 is 0 Å². The number of anilines is 1. The number of nitrogens with zero attached hydrogens (tertiary/aromatic N) is 1.